The largest absolute Gasteiger partial charge is 0.490 e. The molecule has 16 atom stereocenters. The molecule has 8 fully saturated rings. The molecule has 0 bridgehead atoms. The second-order valence-electron chi connectivity index (χ2n) is 36.3. The van der Waals surface area contributed by atoms with Gasteiger partial charge < -0.3 is 68.2 Å². The van der Waals surface area contributed by atoms with E-state index in [0.29, 0.717) is 117 Å². The minimum absolute atomic E-state index is 0.0259. The quantitative estimate of drug-likeness (QED) is 0.0142. The number of anilines is 2. The van der Waals surface area contributed by atoms with Crippen LogP contribution >= 0.6 is 45.9 Å². The lowest BCUT2D eigenvalue weighted by Gasteiger charge is -2.35. The van der Waals surface area contributed by atoms with Gasteiger partial charge in [-0.2, -0.15) is 0 Å². The van der Waals surface area contributed by atoms with E-state index in [2.05, 4.69) is 23.8 Å². The molecule has 0 radical (unpaired) electrons. The van der Waals surface area contributed by atoms with Crippen molar-refractivity contribution in [1.82, 2.24) is 29.7 Å². The Balaban J connectivity index is 0.000000206. The number of thiazole rings is 2. The predicted octanol–water partition coefficient (Wildman–Crippen LogP) is 15.8. The molecule has 6 aliphatic carbocycles. The number of rotatable bonds is 36. The van der Waals surface area contributed by atoms with E-state index in [1.54, 1.807) is 61.6 Å². The number of benzene rings is 2. The summed E-state index contributed by atoms with van der Waals surface area (Å²) in [5, 5.41) is 23.9. The van der Waals surface area contributed by atoms with Crippen molar-refractivity contribution < 1.29 is 86.1 Å². The highest BCUT2D eigenvalue weighted by Gasteiger charge is 2.63. The highest BCUT2D eigenvalue weighted by molar-refractivity contribution is 7.14. The molecule has 3 N–H and O–H groups in total. The molecule has 6 saturated carbocycles. The Morgan fingerprint density at radius 3 is 1.29 bits per heavy atom. The first kappa shape index (κ1) is 88.3. The molecule has 6 aromatic rings. The number of fused-ring (bicyclic) bond motifs is 4. The van der Waals surface area contributed by atoms with E-state index in [-0.39, 0.29) is 134 Å². The van der Waals surface area contributed by atoms with Crippen molar-refractivity contribution in [3.05, 3.63) is 82.5 Å². The van der Waals surface area contributed by atoms with Crippen molar-refractivity contribution in [2.24, 2.45) is 69.0 Å². The van der Waals surface area contributed by atoms with Gasteiger partial charge in [0.1, 0.15) is 82.1 Å². The Morgan fingerprint density at radius 1 is 0.546 bits per heavy atom. The van der Waals surface area contributed by atoms with Gasteiger partial charge in [0.05, 0.1) is 103 Å². The molecule has 4 unspecified atom stereocenters. The van der Waals surface area contributed by atoms with Crippen molar-refractivity contribution in [1.29, 1.82) is 0 Å². The number of methoxy groups -OCH3 is 3. The molecule has 6 heterocycles. The first-order valence-electron chi connectivity index (χ1n) is 41.5. The number of nitrogens with one attached hydrogen (secondary N) is 2. The van der Waals surface area contributed by atoms with Crippen LogP contribution in [0.1, 0.15) is 159 Å². The molecule has 14 rings (SSSR count). The van der Waals surface area contributed by atoms with Crippen LogP contribution in [-0.2, 0) is 62.0 Å². The third kappa shape index (κ3) is 20.0. The summed E-state index contributed by atoms with van der Waals surface area (Å²) in [5.74, 6) is -1.68. The summed E-state index contributed by atoms with van der Waals surface area (Å²) in [5.41, 5.74) is -0.572. The average Bonchev–Trinajstić information content (AvgIpc) is 1.63. The van der Waals surface area contributed by atoms with E-state index in [9.17, 15) is 43.5 Å². The van der Waals surface area contributed by atoms with Crippen LogP contribution in [0.5, 0.6) is 23.0 Å². The van der Waals surface area contributed by atoms with E-state index < -0.39 is 81.7 Å². The molecule has 119 heavy (non-hydrogen) atoms. The van der Waals surface area contributed by atoms with Gasteiger partial charge in [-0.05, 0) is 150 Å². The Labute approximate surface area is 713 Å². The lowest BCUT2D eigenvalue weighted by atomic mass is 9.77. The molecular formula is C89H112Cl2N8O18S2. The molecule has 4 aromatic heterocycles. The first-order valence-corrected chi connectivity index (χ1v) is 44.0. The van der Waals surface area contributed by atoms with Gasteiger partial charge in [-0.25, -0.2) is 19.9 Å². The minimum Gasteiger partial charge on any atom is -0.490 e. The number of nitrogens with zero attached hydrogens (tertiary/aromatic N) is 6. The standard InChI is InChI=1S/C45H57ClN4O9S.C44H55ClN4O9S/c1-9-27-20-45(27,42(54)56-8)21-35(51)34-17-29(22-50(34)41(53)31(44(4,5)6)18-38(52)59-28-15-25-14-26(25)16-28)58-37-19-32(33-23-60-43(49-33)47-24(2)3)48-40-30(37)10-11-36(39(40)46)57-13-12-55-7;1-8-26-19-44(26,41(53)54)20-34(50)33-16-28(21-49(33)40(52)30(43(4,5)6)17-37(51)58-27-14-24-13-25(24)15-27)57-36-18-31(32-22-59-42(48-32)46-23(2)3)47-39-29(36)9-10-35(38(39)45)56-12-11-55-7/h9-11,19,23-29,31,34H,1,12-18,20-22H2,2-8H3,(H,47,49);8-10,18,22-28,30,33H,1,11-17,19-21H2,2-7H3,(H,46,48)(H,53,54)/t25-,26+,27-,28?,29-,31-,34+,45?;24-,25+,26-,27?,28-,30-,33+,44?/m11/s1. The van der Waals surface area contributed by atoms with E-state index in [4.69, 9.17) is 85.8 Å². The third-order valence-electron chi connectivity index (χ3n) is 24.8. The topological polar surface area (TPSA) is 322 Å². The molecule has 2 aliphatic heterocycles. The maximum Gasteiger partial charge on any atom is 0.312 e. The van der Waals surface area contributed by atoms with E-state index in [1.165, 1.54) is 47.5 Å². The van der Waals surface area contributed by atoms with E-state index in [1.807, 2.05) is 86.1 Å². The lowest BCUT2D eigenvalue weighted by molar-refractivity contribution is -0.157. The van der Waals surface area contributed by atoms with Crippen LogP contribution < -0.4 is 29.6 Å². The molecule has 2 aromatic carbocycles. The second kappa shape index (κ2) is 36.3. The van der Waals surface area contributed by atoms with Crippen LogP contribution in [0.25, 0.3) is 44.6 Å². The van der Waals surface area contributed by atoms with Crippen LogP contribution in [0.15, 0.2) is 72.5 Å². The Morgan fingerprint density at radius 2 is 0.941 bits per heavy atom. The third-order valence-corrected chi connectivity index (χ3v) is 27.1. The van der Waals surface area contributed by atoms with Gasteiger partial charge in [0.2, 0.25) is 11.8 Å². The fourth-order valence-corrected chi connectivity index (χ4v) is 20.0. The van der Waals surface area contributed by atoms with Crippen LogP contribution in [0.4, 0.5) is 10.3 Å². The number of ether oxygens (including phenoxy) is 9. The number of aliphatic carboxylic acids is 1. The Hall–Kier alpha value is -8.54. The molecular weight excluding hydrogens is 1600 g/mol. The average molecular weight is 1720 g/mol. The zero-order valence-corrected chi connectivity index (χ0v) is 73.4. The summed E-state index contributed by atoms with van der Waals surface area (Å²) >= 11 is 16.8. The molecule has 26 nitrogen and oxygen atoms in total. The number of hydrogen-bond donors (Lipinski definition) is 3. The summed E-state index contributed by atoms with van der Waals surface area (Å²) in [7, 11) is 4.48. The summed E-state index contributed by atoms with van der Waals surface area (Å²) in [6.07, 6.45) is 7.87. The molecule has 642 valence electrons. The second-order valence-corrected chi connectivity index (χ2v) is 38.8. The molecule has 30 heteroatoms. The number of carbonyl (C=O) groups is 8. The van der Waals surface area contributed by atoms with Gasteiger partial charge in [0.15, 0.2) is 21.8 Å². The van der Waals surface area contributed by atoms with Crippen LogP contribution in [0, 0.1) is 69.0 Å². The molecule has 8 aliphatic rings. The number of ketones is 2. The fourth-order valence-electron chi connectivity index (χ4n) is 17.8. The zero-order valence-electron chi connectivity index (χ0n) is 70.2. The number of hydrogen-bond acceptors (Lipinski definition) is 25. The number of carboxylic acids is 1. The summed E-state index contributed by atoms with van der Waals surface area (Å²) in [6, 6.07) is 9.09. The fraction of sp³-hybridized carbons (Fsp3) is 0.596. The summed E-state index contributed by atoms with van der Waals surface area (Å²) in [4.78, 5) is 134. The minimum atomic E-state index is -1.27. The number of likely N-dealkylation sites (tertiary alicyclic amines) is 2. The van der Waals surface area contributed by atoms with Crippen LogP contribution in [0.2, 0.25) is 10.0 Å². The smallest absolute Gasteiger partial charge is 0.312 e. The molecule has 2 saturated heterocycles. The summed E-state index contributed by atoms with van der Waals surface area (Å²) in [6.45, 7) is 28.6. The number of halogens is 2. The monoisotopic (exact) mass is 1710 g/mol. The number of Topliss-reactive ketones (excluding diaryl/α,β-unsaturated/α-hetero) is 2. The van der Waals surface area contributed by atoms with Gasteiger partial charge >= 0.3 is 23.9 Å². The highest BCUT2D eigenvalue weighted by Crippen LogP contribution is 2.59. The number of esters is 3. The van der Waals surface area contributed by atoms with Gasteiger partial charge in [-0.1, -0.05) is 76.9 Å². The number of aromatic nitrogens is 4. The SMILES string of the molecule is C=C[C@@H]1CC1(CC(=O)[C@@H]1C[C@@H](Oc2cc(-c3csc(NC(C)C)n3)nc3c(Cl)c(OCCOC)ccc23)CN1C(=O)[C@@H](CC(=O)OC1C[C@@H]2C[C@@H]2C1)C(C)(C)C)C(=O)O.C=C[C@@H]1CC1(CC(=O)[C@@H]1C[C@@H](Oc2cc(-c3csc(NC(C)C)n3)nc3c(Cl)c(OCCOC)ccc23)CN1C(=O)[C@@H](CC(=O)OC1C[C@@H]2C[C@@H]2C1)C(C)(C)C)C(=O)OC. The predicted molar refractivity (Wildman–Crippen MR) is 454 cm³/mol. The molecule has 2 amide bonds. The maximum absolute atomic E-state index is 14.9. The summed E-state index contributed by atoms with van der Waals surface area (Å²) < 4.78 is 52.7. The Kier molecular flexibility index (Phi) is 26.9. The van der Waals surface area contributed by atoms with Crippen LogP contribution in [0.3, 0.4) is 0 Å². The van der Waals surface area contributed by atoms with Crippen molar-refractivity contribution in [3.8, 4) is 45.8 Å². The number of amides is 2. The van der Waals surface area contributed by atoms with E-state index in [0.717, 1.165) is 35.9 Å². The van der Waals surface area contributed by atoms with Gasteiger partial charge in [-0.15, -0.1) is 35.8 Å². The Bertz CT molecular complexity index is 4830. The number of pyridine rings is 2. The normalized spacial score (nSPS) is 26.2. The number of carbonyl (C=O) groups excluding carboxylic acids is 7. The number of allylic oxidation sites excluding steroid dienone is 2. The van der Waals surface area contributed by atoms with Gasteiger partial charge in [0, 0.05) is 85.7 Å². The van der Waals surface area contributed by atoms with Gasteiger partial charge in [-0.3, -0.25) is 38.4 Å². The maximum atomic E-state index is 14.9. The van der Waals surface area contributed by atoms with Crippen molar-refractivity contribution in [2.45, 2.75) is 208 Å². The molecule has 0 spiro atoms. The van der Waals surface area contributed by atoms with Crippen molar-refractivity contribution >= 4 is 125 Å². The van der Waals surface area contributed by atoms with E-state index >= 15 is 0 Å². The first-order chi connectivity index (χ1) is 56.5. The highest BCUT2D eigenvalue weighted by atomic mass is 35.5. The zero-order chi connectivity index (χ0) is 85.5. The lowest BCUT2D eigenvalue weighted by Crippen LogP contribution is -2.48. The number of carboxylic acid groups (broad SMARTS) is 1. The van der Waals surface area contributed by atoms with Crippen molar-refractivity contribution in [3.63, 3.8) is 0 Å². The van der Waals surface area contributed by atoms with Crippen molar-refractivity contribution in [2.75, 3.05) is 71.5 Å². The van der Waals surface area contributed by atoms with Gasteiger partial charge in [0.25, 0.3) is 0 Å². The van der Waals surface area contributed by atoms with Crippen LogP contribution in [-0.4, -0.2) is 192 Å².